The summed E-state index contributed by atoms with van der Waals surface area (Å²) >= 11 is 1.67. The summed E-state index contributed by atoms with van der Waals surface area (Å²) in [5.74, 6) is 0.722. The predicted molar refractivity (Wildman–Crippen MR) is 82.9 cm³/mol. The first-order valence-electron chi connectivity index (χ1n) is 6.32. The molecule has 0 atom stereocenters. The highest BCUT2D eigenvalue weighted by molar-refractivity contribution is 7.12. The van der Waals surface area contributed by atoms with E-state index in [1.807, 2.05) is 49.4 Å². The monoisotopic (exact) mass is 287 g/mol. The summed E-state index contributed by atoms with van der Waals surface area (Å²) in [6.45, 7) is 2.56. The first-order valence-corrected chi connectivity index (χ1v) is 7.14. The molecule has 0 spiro atoms. The molecule has 0 unspecified atom stereocenters. The highest BCUT2D eigenvalue weighted by atomic mass is 32.1. The van der Waals surface area contributed by atoms with Crippen LogP contribution >= 0.6 is 11.3 Å². The smallest absolute Gasteiger partial charge is 0.244 e. The number of nitrogens with one attached hydrogen (secondary N) is 1. The van der Waals surface area contributed by atoms with Crippen LogP contribution in [0, 0.1) is 6.92 Å². The van der Waals surface area contributed by atoms with Crippen LogP contribution in [0.2, 0.25) is 0 Å². The molecule has 1 N–H and O–H groups in total. The molecule has 0 bridgehead atoms. The van der Waals surface area contributed by atoms with Crippen LogP contribution in [0.25, 0.3) is 6.08 Å². The Labute approximate surface area is 122 Å². The molecule has 3 nitrogen and oxygen atoms in total. The van der Waals surface area contributed by atoms with Gasteiger partial charge in [0.05, 0.1) is 7.11 Å². The molecule has 0 saturated carbocycles. The number of ether oxygens (including phenoxy) is 1. The second-order valence-electron chi connectivity index (χ2n) is 4.35. The Bertz CT molecular complexity index is 599. The molecule has 2 aromatic rings. The van der Waals surface area contributed by atoms with Gasteiger partial charge >= 0.3 is 0 Å². The lowest BCUT2D eigenvalue weighted by atomic mass is 10.2. The van der Waals surface area contributed by atoms with Gasteiger partial charge in [-0.3, -0.25) is 4.79 Å². The van der Waals surface area contributed by atoms with E-state index < -0.39 is 0 Å². The van der Waals surface area contributed by atoms with Gasteiger partial charge in [0.2, 0.25) is 5.91 Å². The molecule has 104 valence electrons. The van der Waals surface area contributed by atoms with Crippen molar-refractivity contribution in [2.24, 2.45) is 0 Å². The van der Waals surface area contributed by atoms with Crippen LogP contribution in [0.3, 0.4) is 0 Å². The van der Waals surface area contributed by atoms with E-state index in [-0.39, 0.29) is 5.91 Å². The lowest BCUT2D eigenvalue weighted by Crippen LogP contribution is -2.20. The second-order valence-corrected chi connectivity index (χ2v) is 5.67. The summed E-state index contributed by atoms with van der Waals surface area (Å²) < 4.78 is 5.09. The normalized spacial score (nSPS) is 10.7. The fraction of sp³-hybridized carbons (Fsp3) is 0.188. The van der Waals surface area contributed by atoms with Crippen LogP contribution in [0.5, 0.6) is 5.75 Å². The fourth-order valence-electron chi connectivity index (χ4n) is 1.69. The maximum atomic E-state index is 11.7. The van der Waals surface area contributed by atoms with E-state index in [2.05, 4.69) is 5.32 Å². The molecular formula is C16H17NO2S. The number of methoxy groups -OCH3 is 1. The van der Waals surface area contributed by atoms with Gasteiger partial charge < -0.3 is 10.1 Å². The van der Waals surface area contributed by atoms with Gasteiger partial charge in [0, 0.05) is 22.4 Å². The number of carbonyl (C=O) groups excluding carboxylic acids is 1. The minimum absolute atomic E-state index is 0.0909. The van der Waals surface area contributed by atoms with Crippen LogP contribution in [-0.2, 0) is 11.3 Å². The van der Waals surface area contributed by atoms with E-state index in [0.717, 1.165) is 16.2 Å². The van der Waals surface area contributed by atoms with Crippen LogP contribution < -0.4 is 10.1 Å². The van der Waals surface area contributed by atoms with E-state index in [1.54, 1.807) is 24.5 Å². The number of rotatable bonds is 5. The minimum Gasteiger partial charge on any atom is -0.497 e. The van der Waals surface area contributed by atoms with Crippen molar-refractivity contribution in [3.05, 3.63) is 57.8 Å². The summed E-state index contributed by atoms with van der Waals surface area (Å²) in [4.78, 5) is 14.0. The number of hydrogen-bond donors (Lipinski definition) is 1. The van der Waals surface area contributed by atoms with Crippen LogP contribution in [0.1, 0.15) is 15.3 Å². The van der Waals surface area contributed by atoms with Crippen molar-refractivity contribution in [2.75, 3.05) is 7.11 Å². The molecule has 1 aromatic carbocycles. The second kappa shape index (κ2) is 6.91. The largest absolute Gasteiger partial charge is 0.497 e. The van der Waals surface area contributed by atoms with Crippen molar-refractivity contribution in [1.29, 1.82) is 0 Å². The Morgan fingerprint density at radius 2 is 2.00 bits per heavy atom. The van der Waals surface area contributed by atoms with Gasteiger partial charge in [-0.15, -0.1) is 11.3 Å². The average Bonchev–Trinajstić information content (AvgIpc) is 2.89. The van der Waals surface area contributed by atoms with Crippen molar-refractivity contribution in [1.82, 2.24) is 5.32 Å². The SMILES string of the molecule is COc1ccc(CNC(=O)/C=C/c2ccc(C)s2)cc1. The number of amides is 1. The lowest BCUT2D eigenvalue weighted by molar-refractivity contribution is -0.116. The quantitative estimate of drug-likeness (QED) is 0.856. The van der Waals surface area contributed by atoms with Crippen LogP contribution in [-0.4, -0.2) is 13.0 Å². The first-order chi connectivity index (χ1) is 9.67. The predicted octanol–water partition coefficient (Wildman–Crippen LogP) is 3.39. The summed E-state index contributed by atoms with van der Waals surface area (Å²) in [6, 6.07) is 11.7. The number of benzene rings is 1. The van der Waals surface area contributed by atoms with Crippen molar-refractivity contribution < 1.29 is 9.53 Å². The van der Waals surface area contributed by atoms with Crippen molar-refractivity contribution in [3.8, 4) is 5.75 Å². The van der Waals surface area contributed by atoms with E-state index in [4.69, 9.17) is 4.74 Å². The molecule has 20 heavy (non-hydrogen) atoms. The molecule has 1 heterocycles. The summed E-state index contributed by atoms with van der Waals surface area (Å²) in [6.07, 6.45) is 3.40. The maximum absolute atomic E-state index is 11.7. The average molecular weight is 287 g/mol. The lowest BCUT2D eigenvalue weighted by Gasteiger charge is -2.04. The summed E-state index contributed by atoms with van der Waals surface area (Å²) in [5.41, 5.74) is 1.04. The first kappa shape index (κ1) is 14.3. The zero-order valence-corrected chi connectivity index (χ0v) is 12.4. The highest BCUT2D eigenvalue weighted by Crippen LogP contribution is 2.16. The van der Waals surface area contributed by atoms with Crippen LogP contribution in [0.15, 0.2) is 42.5 Å². The third-order valence-electron chi connectivity index (χ3n) is 2.79. The number of carbonyl (C=O) groups is 1. The molecule has 0 aliphatic carbocycles. The Balaban J connectivity index is 1.83. The number of thiophene rings is 1. The van der Waals surface area contributed by atoms with Gasteiger partial charge in [-0.1, -0.05) is 12.1 Å². The molecule has 1 aromatic heterocycles. The highest BCUT2D eigenvalue weighted by Gasteiger charge is 1.98. The zero-order chi connectivity index (χ0) is 14.4. The zero-order valence-electron chi connectivity index (χ0n) is 11.6. The van der Waals surface area contributed by atoms with Gasteiger partial charge in [0.15, 0.2) is 0 Å². The van der Waals surface area contributed by atoms with Crippen LogP contribution in [0.4, 0.5) is 0 Å². The third kappa shape index (κ3) is 4.24. The molecule has 0 saturated heterocycles. The topological polar surface area (TPSA) is 38.3 Å². The maximum Gasteiger partial charge on any atom is 0.244 e. The Hall–Kier alpha value is -2.07. The molecule has 0 aliphatic heterocycles. The molecule has 2 rings (SSSR count). The Kier molecular flexibility index (Phi) is 4.96. The molecule has 4 heteroatoms. The molecular weight excluding hydrogens is 270 g/mol. The molecule has 1 amide bonds. The van der Waals surface area contributed by atoms with E-state index in [1.165, 1.54) is 4.88 Å². The van der Waals surface area contributed by atoms with Gasteiger partial charge in [0.1, 0.15) is 5.75 Å². The fourth-order valence-corrected chi connectivity index (χ4v) is 2.47. The van der Waals surface area contributed by atoms with E-state index >= 15 is 0 Å². The van der Waals surface area contributed by atoms with Crippen molar-refractivity contribution in [3.63, 3.8) is 0 Å². The summed E-state index contributed by atoms with van der Waals surface area (Å²) in [7, 11) is 1.63. The molecule has 0 fully saturated rings. The van der Waals surface area contributed by atoms with Crippen molar-refractivity contribution in [2.45, 2.75) is 13.5 Å². The van der Waals surface area contributed by atoms with Gasteiger partial charge in [0.25, 0.3) is 0 Å². The molecule has 0 aliphatic rings. The Morgan fingerprint density at radius 3 is 2.60 bits per heavy atom. The van der Waals surface area contributed by atoms with Gasteiger partial charge in [-0.25, -0.2) is 0 Å². The number of aryl methyl sites for hydroxylation is 1. The van der Waals surface area contributed by atoms with Crippen molar-refractivity contribution >= 4 is 23.3 Å². The number of hydrogen-bond acceptors (Lipinski definition) is 3. The molecule has 0 radical (unpaired) electrons. The van der Waals surface area contributed by atoms with E-state index in [0.29, 0.717) is 6.54 Å². The standard InChI is InChI=1S/C16H17NO2S/c1-12-3-8-15(20-12)9-10-16(18)17-11-13-4-6-14(19-2)7-5-13/h3-10H,11H2,1-2H3,(H,17,18)/b10-9+. The van der Waals surface area contributed by atoms with Gasteiger partial charge in [-0.2, -0.15) is 0 Å². The summed E-state index contributed by atoms with van der Waals surface area (Å²) in [5, 5.41) is 2.85. The van der Waals surface area contributed by atoms with E-state index in [9.17, 15) is 4.79 Å². The Morgan fingerprint density at radius 1 is 1.25 bits per heavy atom. The van der Waals surface area contributed by atoms with Gasteiger partial charge in [-0.05, 0) is 42.8 Å². The third-order valence-corrected chi connectivity index (χ3v) is 3.75. The minimum atomic E-state index is -0.0909.